The van der Waals surface area contributed by atoms with Crippen LogP contribution in [-0.2, 0) is 6.54 Å². The maximum absolute atomic E-state index is 4.46. The highest BCUT2D eigenvalue weighted by atomic mass is 15.2. The minimum Gasteiger partial charge on any atom is -0.371 e. The lowest BCUT2D eigenvalue weighted by atomic mass is 10.1. The van der Waals surface area contributed by atoms with E-state index in [0.29, 0.717) is 6.04 Å². The van der Waals surface area contributed by atoms with Gasteiger partial charge >= 0.3 is 0 Å². The SMILES string of the molecule is CCC1CCN(c2cc(C)ncc2CNC(C)C)C1. The van der Waals surface area contributed by atoms with Gasteiger partial charge in [0.25, 0.3) is 0 Å². The van der Waals surface area contributed by atoms with Gasteiger partial charge in [0.1, 0.15) is 0 Å². The van der Waals surface area contributed by atoms with Gasteiger partial charge in [0.2, 0.25) is 0 Å². The fourth-order valence-corrected chi connectivity index (χ4v) is 2.70. The van der Waals surface area contributed by atoms with Crippen molar-refractivity contribution in [2.45, 2.75) is 53.1 Å². The van der Waals surface area contributed by atoms with E-state index >= 15 is 0 Å². The molecule has 1 unspecified atom stereocenters. The summed E-state index contributed by atoms with van der Waals surface area (Å²) in [6, 6.07) is 2.76. The molecule has 3 nitrogen and oxygen atoms in total. The minimum absolute atomic E-state index is 0.510. The Morgan fingerprint density at radius 2 is 2.26 bits per heavy atom. The fraction of sp³-hybridized carbons (Fsp3) is 0.688. The maximum atomic E-state index is 4.46. The lowest BCUT2D eigenvalue weighted by Gasteiger charge is -2.23. The number of hydrogen-bond acceptors (Lipinski definition) is 3. The summed E-state index contributed by atoms with van der Waals surface area (Å²) in [4.78, 5) is 7.00. The zero-order valence-electron chi connectivity index (χ0n) is 12.7. The molecule has 0 radical (unpaired) electrons. The van der Waals surface area contributed by atoms with Crippen molar-refractivity contribution < 1.29 is 0 Å². The molecule has 2 heterocycles. The molecule has 1 fully saturated rings. The van der Waals surface area contributed by atoms with Crippen molar-refractivity contribution in [3.05, 3.63) is 23.5 Å². The number of anilines is 1. The zero-order chi connectivity index (χ0) is 13.8. The Morgan fingerprint density at radius 3 is 2.89 bits per heavy atom. The largest absolute Gasteiger partial charge is 0.371 e. The third-order valence-electron chi connectivity index (χ3n) is 4.00. The molecule has 0 saturated carbocycles. The Hall–Kier alpha value is -1.09. The molecule has 106 valence electrons. The van der Waals surface area contributed by atoms with Gasteiger partial charge in [-0.15, -0.1) is 0 Å². The van der Waals surface area contributed by atoms with Crippen molar-refractivity contribution in [2.24, 2.45) is 5.92 Å². The molecular formula is C16H27N3. The molecule has 1 N–H and O–H groups in total. The van der Waals surface area contributed by atoms with Gasteiger partial charge in [0.15, 0.2) is 0 Å². The van der Waals surface area contributed by atoms with E-state index in [1.54, 1.807) is 0 Å². The van der Waals surface area contributed by atoms with E-state index in [-0.39, 0.29) is 0 Å². The Bertz CT molecular complexity index is 414. The Kier molecular flexibility index (Phi) is 4.81. The van der Waals surface area contributed by atoms with Crippen LogP contribution in [-0.4, -0.2) is 24.1 Å². The number of nitrogens with zero attached hydrogens (tertiary/aromatic N) is 2. The fourth-order valence-electron chi connectivity index (χ4n) is 2.70. The lowest BCUT2D eigenvalue weighted by molar-refractivity contribution is 0.568. The average molecular weight is 261 g/mol. The molecule has 1 aliphatic rings. The van der Waals surface area contributed by atoms with Crippen LogP contribution in [0.25, 0.3) is 0 Å². The highest BCUT2D eigenvalue weighted by Crippen LogP contribution is 2.28. The summed E-state index contributed by atoms with van der Waals surface area (Å²) in [7, 11) is 0. The van der Waals surface area contributed by atoms with E-state index in [4.69, 9.17) is 0 Å². The highest BCUT2D eigenvalue weighted by Gasteiger charge is 2.23. The van der Waals surface area contributed by atoms with E-state index in [1.165, 1.54) is 37.2 Å². The van der Waals surface area contributed by atoms with Crippen LogP contribution < -0.4 is 10.2 Å². The average Bonchev–Trinajstić information content (AvgIpc) is 2.85. The van der Waals surface area contributed by atoms with Crippen LogP contribution in [0.1, 0.15) is 44.9 Å². The first-order valence-corrected chi connectivity index (χ1v) is 7.54. The van der Waals surface area contributed by atoms with Crippen molar-refractivity contribution in [2.75, 3.05) is 18.0 Å². The summed E-state index contributed by atoms with van der Waals surface area (Å²) in [5, 5.41) is 3.50. The molecule has 0 aliphatic carbocycles. The summed E-state index contributed by atoms with van der Waals surface area (Å²) < 4.78 is 0. The molecule has 19 heavy (non-hydrogen) atoms. The summed E-state index contributed by atoms with van der Waals surface area (Å²) in [6.45, 7) is 12.1. The third kappa shape index (κ3) is 3.69. The van der Waals surface area contributed by atoms with Crippen LogP contribution in [0.4, 0.5) is 5.69 Å². The van der Waals surface area contributed by atoms with E-state index in [0.717, 1.165) is 18.2 Å². The van der Waals surface area contributed by atoms with Gasteiger partial charge in [-0.3, -0.25) is 4.98 Å². The van der Waals surface area contributed by atoms with E-state index in [1.807, 2.05) is 6.20 Å². The molecule has 2 rings (SSSR count). The molecule has 1 aliphatic heterocycles. The first kappa shape index (κ1) is 14.3. The standard InChI is InChI=1S/C16H27N3/c1-5-14-6-7-19(11-14)16-8-13(4)18-10-15(16)9-17-12(2)3/h8,10,12,14,17H,5-7,9,11H2,1-4H3. The number of aryl methyl sites for hydroxylation is 1. The second-order valence-corrected chi connectivity index (χ2v) is 6.00. The van der Waals surface area contributed by atoms with Gasteiger partial charge in [-0.05, 0) is 25.3 Å². The zero-order valence-corrected chi connectivity index (χ0v) is 12.7. The second kappa shape index (κ2) is 6.38. The molecule has 0 bridgehead atoms. The molecule has 1 saturated heterocycles. The van der Waals surface area contributed by atoms with Gasteiger partial charge in [0, 0.05) is 48.8 Å². The molecule has 1 aromatic rings. The Morgan fingerprint density at radius 1 is 1.47 bits per heavy atom. The Labute approximate surface area is 117 Å². The van der Waals surface area contributed by atoms with Crippen molar-refractivity contribution in [3.63, 3.8) is 0 Å². The van der Waals surface area contributed by atoms with Crippen LogP contribution in [0.5, 0.6) is 0 Å². The summed E-state index contributed by atoms with van der Waals surface area (Å²) in [5.74, 6) is 0.861. The number of pyridine rings is 1. The molecule has 0 aromatic carbocycles. The molecule has 0 spiro atoms. The van der Waals surface area contributed by atoms with Gasteiger partial charge in [-0.25, -0.2) is 0 Å². The Balaban J connectivity index is 2.15. The summed E-state index contributed by atoms with van der Waals surface area (Å²) in [6.07, 6.45) is 4.66. The van der Waals surface area contributed by atoms with Gasteiger partial charge in [0.05, 0.1) is 0 Å². The molecule has 1 atom stereocenters. The quantitative estimate of drug-likeness (QED) is 0.882. The van der Waals surface area contributed by atoms with Crippen LogP contribution in [0.3, 0.4) is 0 Å². The predicted molar refractivity (Wildman–Crippen MR) is 81.6 cm³/mol. The van der Waals surface area contributed by atoms with Crippen LogP contribution >= 0.6 is 0 Å². The van der Waals surface area contributed by atoms with Crippen LogP contribution in [0, 0.1) is 12.8 Å². The third-order valence-corrected chi connectivity index (χ3v) is 4.00. The second-order valence-electron chi connectivity index (χ2n) is 6.00. The number of aromatic nitrogens is 1. The van der Waals surface area contributed by atoms with E-state index < -0.39 is 0 Å². The van der Waals surface area contributed by atoms with Crippen molar-refractivity contribution >= 4 is 5.69 Å². The van der Waals surface area contributed by atoms with Gasteiger partial charge < -0.3 is 10.2 Å². The van der Waals surface area contributed by atoms with E-state index in [9.17, 15) is 0 Å². The normalized spacial score (nSPS) is 19.4. The number of nitrogens with one attached hydrogen (secondary N) is 1. The van der Waals surface area contributed by atoms with Crippen molar-refractivity contribution in [1.29, 1.82) is 0 Å². The van der Waals surface area contributed by atoms with E-state index in [2.05, 4.69) is 49.0 Å². The van der Waals surface area contributed by atoms with Crippen molar-refractivity contribution in [3.8, 4) is 0 Å². The molecular weight excluding hydrogens is 234 g/mol. The maximum Gasteiger partial charge on any atom is 0.0445 e. The van der Waals surface area contributed by atoms with Gasteiger partial charge in [-0.2, -0.15) is 0 Å². The first-order chi connectivity index (χ1) is 9.10. The number of hydrogen-bond donors (Lipinski definition) is 1. The monoisotopic (exact) mass is 261 g/mol. The molecule has 0 amide bonds. The van der Waals surface area contributed by atoms with Crippen molar-refractivity contribution in [1.82, 2.24) is 10.3 Å². The smallest absolute Gasteiger partial charge is 0.0445 e. The number of rotatable bonds is 5. The topological polar surface area (TPSA) is 28.2 Å². The molecule has 3 heteroatoms. The minimum atomic E-state index is 0.510. The lowest BCUT2D eigenvalue weighted by Crippen LogP contribution is -2.26. The summed E-state index contributed by atoms with van der Waals surface area (Å²) in [5.41, 5.74) is 3.83. The summed E-state index contributed by atoms with van der Waals surface area (Å²) >= 11 is 0. The highest BCUT2D eigenvalue weighted by molar-refractivity contribution is 5.54. The van der Waals surface area contributed by atoms with Crippen LogP contribution in [0.15, 0.2) is 12.3 Å². The molecule has 1 aromatic heterocycles. The first-order valence-electron chi connectivity index (χ1n) is 7.54. The predicted octanol–water partition coefficient (Wildman–Crippen LogP) is 3.12. The van der Waals surface area contributed by atoms with Gasteiger partial charge in [-0.1, -0.05) is 27.2 Å². The van der Waals surface area contributed by atoms with Crippen LogP contribution in [0.2, 0.25) is 0 Å².